The highest BCUT2D eigenvalue weighted by atomic mass is 19.1. The van der Waals surface area contributed by atoms with Crippen LogP contribution in [0.4, 0.5) is 10.1 Å². The van der Waals surface area contributed by atoms with Gasteiger partial charge in [-0.25, -0.2) is 9.18 Å². The maximum atomic E-state index is 13.6. The number of aromatic carboxylic acids is 1. The molecule has 6 heteroatoms. The number of carbonyl (C=O) groups is 1. The number of benzene rings is 2. The maximum absolute atomic E-state index is 13.6. The molecule has 0 unspecified atom stereocenters. The van der Waals surface area contributed by atoms with Crippen molar-refractivity contribution in [1.29, 1.82) is 0 Å². The van der Waals surface area contributed by atoms with Crippen LogP contribution in [0.1, 0.15) is 24.2 Å². The van der Waals surface area contributed by atoms with Gasteiger partial charge in [-0.15, -0.1) is 0 Å². The summed E-state index contributed by atoms with van der Waals surface area (Å²) in [6.45, 7) is 4.12. The molecule has 1 N–H and O–H groups in total. The summed E-state index contributed by atoms with van der Waals surface area (Å²) >= 11 is 0. The van der Waals surface area contributed by atoms with Gasteiger partial charge in [0.1, 0.15) is 17.2 Å². The fourth-order valence-corrected chi connectivity index (χ4v) is 3.25. The van der Waals surface area contributed by atoms with Gasteiger partial charge < -0.3 is 14.4 Å². The van der Waals surface area contributed by atoms with E-state index in [1.807, 2.05) is 13.1 Å². The summed E-state index contributed by atoms with van der Waals surface area (Å²) in [4.78, 5) is 18.5. The van der Waals surface area contributed by atoms with Crippen molar-refractivity contribution in [1.82, 2.24) is 4.98 Å². The Labute approximate surface area is 161 Å². The number of pyridine rings is 1. The Kier molecular flexibility index (Phi) is 4.26. The van der Waals surface area contributed by atoms with Gasteiger partial charge in [0.15, 0.2) is 0 Å². The van der Waals surface area contributed by atoms with E-state index in [0.717, 1.165) is 5.69 Å². The van der Waals surface area contributed by atoms with Gasteiger partial charge in [0.05, 0.1) is 23.0 Å². The number of rotatable bonds is 4. The molecule has 0 fully saturated rings. The van der Waals surface area contributed by atoms with E-state index in [9.17, 15) is 14.3 Å². The number of carboxylic acid groups (broad SMARTS) is 1. The average molecular weight is 378 g/mol. The minimum Gasteiger partial charge on any atom is -0.478 e. The molecule has 0 saturated heterocycles. The Bertz CT molecular complexity index is 1210. The van der Waals surface area contributed by atoms with Crippen LogP contribution in [0, 0.1) is 5.82 Å². The van der Waals surface area contributed by atoms with Gasteiger partial charge in [-0.3, -0.25) is 4.98 Å². The molecule has 2 aromatic heterocycles. The van der Waals surface area contributed by atoms with Crippen LogP contribution in [0.25, 0.3) is 33.2 Å². The molecule has 28 heavy (non-hydrogen) atoms. The summed E-state index contributed by atoms with van der Waals surface area (Å²) in [7, 11) is 1.96. The standard InChI is InChI=1S/C22H19FN2O3/c1-12(2)25(3)15-10-17-18(24-11-15)7-6-16(22(26)27)21(17)20-8-13-4-5-14(23)9-19(13)28-20/h4-12H,1-3H3,(H,26,27). The molecular weight excluding hydrogens is 359 g/mol. The zero-order chi connectivity index (χ0) is 20.0. The van der Waals surface area contributed by atoms with Gasteiger partial charge in [-0.1, -0.05) is 0 Å². The van der Waals surface area contributed by atoms with Crippen LogP contribution in [0.2, 0.25) is 0 Å². The number of aromatic nitrogens is 1. The number of anilines is 1. The van der Waals surface area contributed by atoms with Crippen LogP contribution in [0.15, 0.2) is 53.1 Å². The van der Waals surface area contributed by atoms with Crippen LogP contribution in [-0.4, -0.2) is 29.1 Å². The molecule has 0 aliphatic rings. The van der Waals surface area contributed by atoms with Crippen LogP contribution >= 0.6 is 0 Å². The topological polar surface area (TPSA) is 66.6 Å². The van der Waals surface area contributed by atoms with Crippen molar-refractivity contribution < 1.29 is 18.7 Å². The van der Waals surface area contributed by atoms with E-state index in [2.05, 4.69) is 23.7 Å². The summed E-state index contributed by atoms with van der Waals surface area (Å²) in [6, 6.07) is 11.4. The van der Waals surface area contributed by atoms with E-state index < -0.39 is 11.8 Å². The van der Waals surface area contributed by atoms with Crippen LogP contribution in [0.5, 0.6) is 0 Å². The van der Waals surface area contributed by atoms with E-state index in [4.69, 9.17) is 4.42 Å². The molecule has 4 aromatic rings. The zero-order valence-electron chi connectivity index (χ0n) is 15.7. The van der Waals surface area contributed by atoms with Gasteiger partial charge in [-0.05, 0) is 50.2 Å². The summed E-state index contributed by atoms with van der Waals surface area (Å²) in [5, 5.41) is 11.1. The van der Waals surface area contributed by atoms with Crippen molar-refractivity contribution in [3.63, 3.8) is 0 Å². The second-order valence-corrected chi connectivity index (χ2v) is 7.05. The molecule has 5 nitrogen and oxygen atoms in total. The summed E-state index contributed by atoms with van der Waals surface area (Å²) in [5.41, 5.74) is 2.44. The fourth-order valence-electron chi connectivity index (χ4n) is 3.25. The largest absolute Gasteiger partial charge is 0.478 e. The monoisotopic (exact) mass is 378 g/mol. The molecule has 0 aliphatic heterocycles. The van der Waals surface area contributed by atoms with Crippen molar-refractivity contribution in [3.8, 4) is 11.3 Å². The highest BCUT2D eigenvalue weighted by Gasteiger charge is 2.20. The predicted octanol–water partition coefficient (Wildman–Crippen LogP) is 5.33. The third kappa shape index (κ3) is 2.97. The number of furan rings is 1. The molecule has 0 aliphatic carbocycles. The SMILES string of the molecule is CC(C)N(C)c1cnc2ccc(C(=O)O)c(-c3cc4ccc(F)cc4o3)c2c1. The van der Waals surface area contributed by atoms with Crippen molar-refractivity contribution in [2.45, 2.75) is 19.9 Å². The Morgan fingerprint density at radius 1 is 1.18 bits per heavy atom. The molecule has 0 atom stereocenters. The van der Waals surface area contributed by atoms with E-state index in [1.165, 1.54) is 18.2 Å². The molecule has 0 radical (unpaired) electrons. The fraction of sp³-hybridized carbons (Fsp3) is 0.182. The first-order valence-electron chi connectivity index (χ1n) is 8.93. The lowest BCUT2D eigenvalue weighted by molar-refractivity contribution is 0.0697. The minimum atomic E-state index is -1.06. The summed E-state index contributed by atoms with van der Waals surface area (Å²) < 4.78 is 19.4. The lowest BCUT2D eigenvalue weighted by atomic mass is 9.99. The van der Waals surface area contributed by atoms with Crippen molar-refractivity contribution >= 4 is 33.5 Å². The molecule has 2 heterocycles. The van der Waals surface area contributed by atoms with Gasteiger partial charge in [0.25, 0.3) is 0 Å². The number of fused-ring (bicyclic) bond motifs is 2. The van der Waals surface area contributed by atoms with E-state index in [0.29, 0.717) is 33.2 Å². The van der Waals surface area contributed by atoms with Crippen molar-refractivity contribution in [2.24, 2.45) is 0 Å². The highest BCUT2D eigenvalue weighted by molar-refractivity contribution is 6.07. The van der Waals surface area contributed by atoms with Crippen molar-refractivity contribution in [3.05, 3.63) is 60.0 Å². The minimum absolute atomic E-state index is 0.109. The van der Waals surface area contributed by atoms with E-state index in [1.54, 1.807) is 24.4 Å². The van der Waals surface area contributed by atoms with Crippen LogP contribution < -0.4 is 4.90 Å². The Morgan fingerprint density at radius 2 is 1.96 bits per heavy atom. The van der Waals surface area contributed by atoms with Crippen LogP contribution in [0.3, 0.4) is 0 Å². The third-order valence-electron chi connectivity index (χ3n) is 4.99. The second kappa shape index (κ2) is 6.64. The Morgan fingerprint density at radius 3 is 2.68 bits per heavy atom. The molecule has 0 saturated carbocycles. The molecule has 4 rings (SSSR count). The quantitative estimate of drug-likeness (QED) is 0.520. The molecular formula is C22H19FN2O3. The third-order valence-corrected chi connectivity index (χ3v) is 4.99. The lowest BCUT2D eigenvalue weighted by Gasteiger charge is -2.24. The molecule has 142 valence electrons. The smallest absolute Gasteiger partial charge is 0.336 e. The number of nitrogens with zero attached hydrogens (tertiary/aromatic N) is 2. The van der Waals surface area contributed by atoms with Gasteiger partial charge in [-0.2, -0.15) is 0 Å². The second-order valence-electron chi connectivity index (χ2n) is 7.05. The first-order valence-corrected chi connectivity index (χ1v) is 8.93. The van der Waals surface area contributed by atoms with E-state index >= 15 is 0 Å². The van der Waals surface area contributed by atoms with Gasteiger partial charge in [0, 0.05) is 35.5 Å². The molecule has 0 bridgehead atoms. The normalized spacial score (nSPS) is 11.5. The average Bonchev–Trinajstić information content (AvgIpc) is 3.08. The number of carboxylic acids is 1. The van der Waals surface area contributed by atoms with Gasteiger partial charge >= 0.3 is 5.97 Å². The van der Waals surface area contributed by atoms with E-state index in [-0.39, 0.29) is 11.6 Å². The first-order chi connectivity index (χ1) is 13.3. The first kappa shape index (κ1) is 18.0. The summed E-state index contributed by atoms with van der Waals surface area (Å²) in [6.07, 6.45) is 1.76. The highest BCUT2D eigenvalue weighted by Crippen LogP contribution is 2.37. The van der Waals surface area contributed by atoms with Crippen molar-refractivity contribution in [2.75, 3.05) is 11.9 Å². The maximum Gasteiger partial charge on any atom is 0.336 e. The number of hydrogen-bond donors (Lipinski definition) is 1. The van der Waals surface area contributed by atoms with Gasteiger partial charge in [0.2, 0.25) is 0 Å². The van der Waals surface area contributed by atoms with Crippen LogP contribution in [-0.2, 0) is 0 Å². The molecule has 0 amide bonds. The Balaban J connectivity index is 2.03. The lowest BCUT2D eigenvalue weighted by Crippen LogP contribution is -2.25. The molecule has 2 aromatic carbocycles. The Hall–Kier alpha value is -3.41. The zero-order valence-corrected chi connectivity index (χ0v) is 15.7. The molecule has 0 spiro atoms. The number of halogens is 1. The number of hydrogen-bond acceptors (Lipinski definition) is 4. The predicted molar refractivity (Wildman–Crippen MR) is 107 cm³/mol. The summed E-state index contributed by atoms with van der Waals surface area (Å²) in [5.74, 6) is -1.10.